The molecule has 0 radical (unpaired) electrons. The van der Waals surface area contributed by atoms with Crippen LogP contribution in [0.2, 0.25) is 0 Å². The molecule has 4 N–H and O–H groups in total. The Hall–Kier alpha value is -1.42. The Labute approximate surface area is 110 Å². The number of hydrogen-bond donors (Lipinski definition) is 4. The Morgan fingerprint density at radius 1 is 1.22 bits per heavy atom. The van der Waals surface area contributed by atoms with Crippen LogP contribution < -0.4 is 0 Å². The molecule has 2 aromatic rings. The summed E-state index contributed by atoms with van der Waals surface area (Å²) in [6.45, 7) is 1.92. The third-order valence-electron chi connectivity index (χ3n) is 1.04. The average Bonchev–Trinajstić information content (AvgIpc) is 2.92. The van der Waals surface area contributed by atoms with Crippen molar-refractivity contribution in [1.82, 2.24) is 19.9 Å². The number of H-pyrrole nitrogens is 2. The quantitative estimate of drug-likeness (QED) is 0.428. The summed E-state index contributed by atoms with van der Waals surface area (Å²) in [5.41, 5.74) is 0. The summed E-state index contributed by atoms with van der Waals surface area (Å²) in [5.74, 6) is 0.968. The van der Waals surface area contributed by atoms with Crippen LogP contribution in [0, 0.1) is 6.92 Å². The van der Waals surface area contributed by atoms with Crippen LogP contribution in [0.5, 0.6) is 0 Å². The van der Waals surface area contributed by atoms with Crippen LogP contribution in [0.3, 0.4) is 0 Å². The van der Waals surface area contributed by atoms with Gasteiger partial charge in [0, 0.05) is 31.2 Å². The van der Waals surface area contributed by atoms with Crippen LogP contribution in [0.15, 0.2) is 31.1 Å². The molecule has 0 unspecified atom stereocenters. The van der Waals surface area contributed by atoms with E-state index >= 15 is 0 Å². The van der Waals surface area contributed by atoms with Gasteiger partial charge in [0.25, 0.3) is 0 Å². The number of imidazole rings is 2. The number of aromatic nitrogens is 4. The summed E-state index contributed by atoms with van der Waals surface area (Å²) in [6.07, 6.45) is 10.1. The van der Waals surface area contributed by atoms with Gasteiger partial charge in [-0.3, -0.25) is 9.11 Å². The summed E-state index contributed by atoms with van der Waals surface area (Å²) in [6, 6.07) is 0. The molecule has 0 spiro atoms. The highest BCUT2D eigenvalue weighted by Crippen LogP contribution is 1.78. The van der Waals surface area contributed by atoms with E-state index in [9.17, 15) is 0 Å². The van der Waals surface area contributed by atoms with Gasteiger partial charge in [0.15, 0.2) is 0 Å². The van der Waals surface area contributed by atoms with Crippen molar-refractivity contribution in [3.05, 3.63) is 36.9 Å². The lowest BCUT2D eigenvalue weighted by molar-refractivity contribution is 0.381. The van der Waals surface area contributed by atoms with Crippen molar-refractivity contribution in [2.45, 2.75) is 6.92 Å². The number of halogens is 1. The maximum Gasteiger partial charge on any atom is 0.394 e. The third-order valence-corrected chi connectivity index (χ3v) is 1.04. The molecule has 2 aromatic heterocycles. The van der Waals surface area contributed by atoms with E-state index in [4.69, 9.17) is 17.5 Å². The summed E-state index contributed by atoms with van der Waals surface area (Å²) in [7, 11) is -4.67. The van der Waals surface area contributed by atoms with Crippen LogP contribution in [0.4, 0.5) is 0 Å². The van der Waals surface area contributed by atoms with E-state index in [0.717, 1.165) is 5.82 Å². The van der Waals surface area contributed by atoms with Gasteiger partial charge in [-0.25, -0.2) is 9.97 Å². The van der Waals surface area contributed by atoms with E-state index in [2.05, 4.69) is 31.5 Å². The van der Waals surface area contributed by atoms with Crippen molar-refractivity contribution in [1.29, 1.82) is 0 Å². The van der Waals surface area contributed by atoms with Gasteiger partial charge in [0.2, 0.25) is 0 Å². The Bertz CT molecular complexity index is 418. The Morgan fingerprint density at radius 3 is 1.89 bits per heavy atom. The number of aryl methyl sites for hydroxylation is 1. The van der Waals surface area contributed by atoms with Gasteiger partial charge in [0.1, 0.15) is 5.82 Å². The second kappa shape index (κ2) is 12.0. The molecule has 0 aliphatic carbocycles. The van der Waals surface area contributed by atoms with Gasteiger partial charge in [-0.05, 0) is 6.92 Å². The molecule has 0 bridgehead atoms. The van der Waals surface area contributed by atoms with Crippen molar-refractivity contribution < 1.29 is 17.5 Å². The number of nitrogens with one attached hydrogen (secondary N) is 2. The molecule has 0 amide bonds. The molecule has 0 saturated carbocycles. The first kappa shape index (κ1) is 18.9. The van der Waals surface area contributed by atoms with Gasteiger partial charge < -0.3 is 9.97 Å². The predicted molar refractivity (Wildman–Crippen MR) is 67.9 cm³/mol. The summed E-state index contributed by atoms with van der Waals surface area (Å²) in [4.78, 5) is 13.2. The number of aromatic amines is 2. The monoisotopic (exact) mass is 298 g/mol. The minimum Gasteiger partial charge on any atom is -0.351 e. The van der Waals surface area contributed by atoms with Crippen LogP contribution in [0.1, 0.15) is 5.82 Å². The summed E-state index contributed by atoms with van der Waals surface area (Å²) < 4.78 is 31.6. The topological polar surface area (TPSA) is 132 Å². The minimum atomic E-state index is -4.67. The smallest absolute Gasteiger partial charge is 0.351 e. The van der Waals surface area contributed by atoms with Gasteiger partial charge in [-0.15, -0.1) is 11.6 Å². The minimum absolute atomic E-state index is 0.968. The first-order valence-electron chi connectivity index (χ1n) is 4.36. The van der Waals surface area contributed by atoms with Crippen LogP contribution in [-0.4, -0.2) is 43.8 Å². The average molecular weight is 299 g/mol. The highest BCUT2D eigenvalue weighted by molar-refractivity contribution is 7.79. The Balaban J connectivity index is 0. The van der Waals surface area contributed by atoms with Gasteiger partial charge in [0.05, 0.1) is 6.33 Å². The normalized spacial score (nSPS) is 8.72. The second-order valence-electron chi connectivity index (χ2n) is 2.38. The van der Waals surface area contributed by atoms with E-state index in [0.29, 0.717) is 0 Å². The fourth-order valence-corrected chi connectivity index (χ4v) is 0.559. The zero-order valence-corrected chi connectivity index (χ0v) is 11.4. The van der Waals surface area contributed by atoms with Gasteiger partial charge >= 0.3 is 10.4 Å². The fraction of sp³-hybridized carbons (Fsp3) is 0.250. The predicted octanol–water partition coefficient (Wildman–Crippen LogP) is 1.33. The third kappa shape index (κ3) is 24.0. The molecule has 8 nitrogen and oxygen atoms in total. The van der Waals surface area contributed by atoms with Crippen molar-refractivity contribution in [3.8, 4) is 0 Å². The SMILES string of the molecule is CCl.Cc1ncc[nH]1.O=S(=O)(O)O.c1c[nH]cn1. The number of rotatable bonds is 0. The second-order valence-corrected chi connectivity index (χ2v) is 3.28. The van der Waals surface area contributed by atoms with Crippen molar-refractivity contribution in [2.75, 3.05) is 6.38 Å². The lowest BCUT2D eigenvalue weighted by Gasteiger charge is -1.68. The highest BCUT2D eigenvalue weighted by atomic mass is 35.5. The molecule has 10 heteroatoms. The molecule has 18 heavy (non-hydrogen) atoms. The van der Waals surface area contributed by atoms with E-state index < -0.39 is 10.4 Å². The lowest BCUT2D eigenvalue weighted by Crippen LogP contribution is -1.89. The van der Waals surface area contributed by atoms with Gasteiger partial charge in [-0.1, -0.05) is 0 Å². The molecular formula is C8H15ClN4O4S. The number of nitrogens with zero attached hydrogens (tertiary/aromatic N) is 2. The molecule has 0 aliphatic heterocycles. The largest absolute Gasteiger partial charge is 0.394 e. The Kier molecular flexibility index (Phi) is 12.7. The molecular weight excluding hydrogens is 284 g/mol. The molecule has 104 valence electrons. The Morgan fingerprint density at radius 2 is 1.78 bits per heavy atom. The molecule has 0 saturated heterocycles. The number of alkyl halides is 1. The zero-order valence-electron chi connectivity index (χ0n) is 9.78. The van der Waals surface area contributed by atoms with E-state index in [1.54, 1.807) is 31.1 Å². The number of hydrogen-bond acceptors (Lipinski definition) is 4. The molecule has 2 heterocycles. The van der Waals surface area contributed by atoms with Crippen LogP contribution in [-0.2, 0) is 10.4 Å². The molecule has 0 aromatic carbocycles. The van der Waals surface area contributed by atoms with Crippen LogP contribution in [0.25, 0.3) is 0 Å². The summed E-state index contributed by atoms with van der Waals surface area (Å²) >= 11 is 4.64. The van der Waals surface area contributed by atoms with Crippen molar-refractivity contribution in [2.24, 2.45) is 0 Å². The van der Waals surface area contributed by atoms with E-state index in [-0.39, 0.29) is 0 Å². The molecule has 0 aliphatic rings. The first-order chi connectivity index (χ1) is 8.39. The lowest BCUT2D eigenvalue weighted by atomic mass is 10.8. The summed E-state index contributed by atoms with van der Waals surface area (Å²) in [5, 5.41) is 0. The standard InChI is InChI=1S/C4H6N2.C3H4N2.CH3Cl.H2O4S/c1-4-5-2-3-6-4;1-2-5-3-4-1;1-2;1-5(2,3)4/h2-3H,1H3,(H,5,6);1-3H,(H,4,5);1H3;(H2,1,2,3,4). The van der Waals surface area contributed by atoms with E-state index in [1.165, 1.54) is 6.38 Å². The first-order valence-corrected chi connectivity index (χ1v) is 6.51. The molecule has 2 rings (SSSR count). The van der Waals surface area contributed by atoms with Crippen LogP contribution >= 0.6 is 11.6 Å². The highest BCUT2D eigenvalue weighted by Gasteiger charge is 1.84. The van der Waals surface area contributed by atoms with Crippen molar-refractivity contribution >= 4 is 22.0 Å². The zero-order chi connectivity index (χ0) is 14.4. The maximum absolute atomic E-state index is 8.74. The van der Waals surface area contributed by atoms with E-state index in [1.807, 2.05) is 6.92 Å². The fourth-order valence-electron chi connectivity index (χ4n) is 0.559. The van der Waals surface area contributed by atoms with Gasteiger partial charge in [-0.2, -0.15) is 8.42 Å². The molecule has 0 fully saturated rings. The van der Waals surface area contributed by atoms with Crippen molar-refractivity contribution in [3.63, 3.8) is 0 Å². The molecule has 0 atom stereocenters. The maximum atomic E-state index is 8.74.